The van der Waals surface area contributed by atoms with E-state index in [1.54, 1.807) is 21.1 Å². The number of hydrogen-bond acceptors (Lipinski definition) is 0. The fourth-order valence-electron chi connectivity index (χ4n) is 7.91. The quantitative estimate of drug-likeness (QED) is 0.229. The Balaban J connectivity index is 0.00000353. The van der Waals surface area contributed by atoms with Gasteiger partial charge in [-0.25, -0.2) is 0 Å². The molecule has 1 aliphatic heterocycles. The van der Waals surface area contributed by atoms with Crippen molar-refractivity contribution in [2.75, 3.05) is 0 Å². The van der Waals surface area contributed by atoms with Crippen LogP contribution in [0.2, 0.25) is 5.28 Å². The number of hydrogen-bond donors (Lipinski definition) is 0. The molecule has 196 valence electrons. The second-order valence-electron chi connectivity index (χ2n) is 12.3. The molecule has 0 spiro atoms. The van der Waals surface area contributed by atoms with E-state index in [2.05, 4.69) is 128 Å². The second kappa shape index (κ2) is 12.1. The van der Waals surface area contributed by atoms with E-state index in [0.29, 0.717) is 5.92 Å². The van der Waals surface area contributed by atoms with Gasteiger partial charge in [-0.05, 0) is 105 Å². The van der Waals surface area contributed by atoms with Crippen molar-refractivity contribution in [2.24, 2.45) is 0 Å². The third-order valence-electron chi connectivity index (χ3n) is 9.34. The third-order valence-corrected chi connectivity index (χ3v) is 13.8. The number of benzene rings is 4. The van der Waals surface area contributed by atoms with Crippen LogP contribution in [0.1, 0.15) is 80.0 Å². The maximum absolute atomic E-state index is 2.51. The van der Waals surface area contributed by atoms with E-state index < -0.39 is 14.1 Å². The molecule has 0 saturated carbocycles. The Morgan fingerprint density at radius 2 is 1.03 bits per heavy atom. The molecule has 5 rings (SSSR count). The average molecular weight is 539 g/mol. The van der Waals surface area contributed by atoms with E-state index in [1.165, 1.54) is 62.6 Å². The monoisotopic (exact) mass is 538 g/mol. The molecule has 2 heteroatoms. The topological polar surface area (TPSA) is 0 Å². The van der Waals surface area contributed by atoms with Gasteiger partial charge in [0.15, 0.2) is 0 Å². The van der Waals surface area contributed by atoms with Crippen molar-refractivity contribution in [3.05, 3.63) is 134 Å². The van der Waals surface area contributed by atoms with Gasteiger partial charge in [0.25, 0.3) is 0 Å². The van der Waals surface area contributed by atoms with E-state index in [-0.39, 0.29) is 33.8 Å². The summed E-state index contributed by atoms with van der Waals surface area (Å²) in [4.78, 5) is 0. The fourth-order valence-corrected chi connectivity index (χ4v) is 13.0. The van der Waals surface area contributed by atoms with Crippen molar-refractivity contribution in [1.29, 1.82) is 0 Å². The van der Waals surface area contributed by atoms with Gasteiger partial charge in [0.05, 0.1) is 0 Å². The summed E-state index contributed by atoms with van der Waals surface area (Å²) in [7, 11) is 0. The summed E-state index contributed by atoms with van der Waals surface area (Å²) in [6.45, 7) is 18.4. The van der Waals surface area contributed by atoms with Crippen LogP contribution in [0, 0.1) is 55.4 Å². The third kappa shape index (κ3) is 5.52. The zero-order chi connectivity index (χ0) is 27.2. The second-order valence-corrected chi connectivity index (χ2v) is 15.5. The first-order valence-corrected chi connectivity index (χ1v) is 16.4. The molecule has 0 bridgehead atoms. The van der Waals surface area contributed by atoms with E-state index >= 15 is 0 Å². The molecular weight excluding hydrogens is 494 g/mol. The van der Waals surface area contributed by atoms with Gasteiger partial charge < -0.3 is 0 Å². The molecule has 0 aliphatic carbocycles. The van der Waals surface area contributed by atoms with E-state index in [0.717, 1.165) is 0 Å². The molecule has 39 heavy (non-hydrogen) atoms. The summed E-state index contributed by atoms with van der Waals surface area (Å²) < 4.78 is 1.64. The summed E-state index contributed by atoms with van der Waals surface area (Å²) in [5.41, 5.74) is 15.9. The Hall–Kier alpha value is -1.59. The Kier molecular flexibility index (Phi) is 9.43. The van der Waals surface area contributed by atoms with Crippen LogP contribution in [-0.2, 0) is 4.28 Å². The maximum atomic E-state index is 2.51. The van der Waals surface area contributed by atoms with Gasteiger partial charge in [0.2, 0.25) is 0 Å². The molecule has 0 amide bonds. The summed E-state index contributed by atoms with van der Waals surface area (Å²) in [5, 5.41) is 1.34. The van der Waals surface area contributed by atoms with Gasteiger partial charge in [-0.2, -0.15) is 0 Å². The number of rotatable bonds is 4. The van der Waals surface area contributed by atoms with Gasteiger partial charge in [-0.3, -0.25) is 0 Å². The van der Waals surface area contributed by atoms with Crippen molar-refractivity contribution in [3.63, 3.8) is 0 Å². The molecule has 4 aromatic carbocycles. The minimum absolute atomic E-state index is 0. The summed E-state index contributed by atoms with van der Waals surface area (Å²) >= 11 is -1.60. The van der Waals surface area contributed by atoms with Crippen LogP contribution in [0.4, 0.5) is 0 Å². The molecule has 4 aromatic rings. The first-order valence-electron chi connectivity index (χ1n) is 14.4. The van der Waals surface area contributed by atoms with Crippen molar-refractivity contribution in [2.45, 2.75) is 83.7 Å². The van der Waals surface area contributed by atoms with Crippen LogP contribution < -0.4 is 4.43 Å². The van der Waals surface area contributed by atoms with Crippen molar-refractivity contribution < 1.29 is 0 Å². The average Bonchev–Trinajstić information content (AvgIpc) is 2.84. The van der Waals surface area contributed by atoms with Crippen LogP contribution in [0.5, 0.6) is 0 Å². The molecule has 1 saturated heterocycles. The standard InChI is InChI=1S/C29H34.C8H9.Al.Na.H/c1-8-9-28(25-13-10-19(2)16-22(25)5)29(26-14-11-20(3)17-23(26)6)27-15-12-21(4)18-24(27)7;1-7-4-3-5-8(2)6-7;;;/h10-18,28H,1,8-9H2,2-7H3;3-4,6H,1-2H3;;;. The van der Waals surface area contributed by atoms with Crippen molar-refractivity contribution >= 4 is 48.1 Å². The van der Waals surface area contributed by atoms with Crippen LogP contribution in [0.25, 0.3) is 0 Å². The first kappa shape index (κ1) is 30.4. The van der Waals surface area contributed by atoms with Crippen LogP contribution in [-0.4, -0.2) is 43.7 Å². The number of aryl methyl sites for hydroxylation is 8. The summed E-state index contributed by atoms with van der Waals surface area (Å²) in [6.07, 6.45) is 2.54. The van der Waals surface area contributed by atoms with Crippen LogP contribution in [0.15, 0.2) is 72.8 Å². The van der Waals surface area contributed by atoms with E-state index in [4.69, 9.17) is 0 Å². The molecule has 1 aliphatic rings. The van der Waals surface area contributed by atoms with Gasteiger partial charge in [-0.15, -0.1) is 4.43 Å². The van der Waals surface area contributed by atoms with Gasteiger partial charge >= 0.3 is 43.7 Å². The molecular formula is C37H44AlNa. The summed E-state index contributed by atoms with van der Waals surface area (Å²) in [5.74, 6) is 0.456. The van der Waals surface area contributed by atoms with E-state index in [9.17, 15) is 0 Å². The summed E-state index contributed by atoms with van der Waals surface area (Å²) in [6, 6.07) is 29.1. The Bertz CT molecular complexity index is 1380. The van der Waals surface area contributed by atoms with Crippen molar-refractivity contribution in [1.82, 2.24) is 0 Å². The van der Waals surface area contributed by atoms with Gasteiger partial charge in [0, 0.05) is 0 Å². The molecule has 1 atom stereocenters. The first-order chi connectivity index (χ1) is 18.1. The molecule has 0 aromatic heterocycles. The van der Waals surface area contributed by atoms with E-state index in [1.807, 2.05) is 0 Å². The van der Waals surface area contributed by atoms with Crippen LogP contribution >= 0.6 is 0 Å². The molecule has 1 unspecified atom stereocenters. The molecule has 0 nitrogen and oxygen atoms in total. The predicted molar refractivity (Wildman–Crippen MR) is 174 cm³/mol. The molecule has 1 fully saturated rings. The van der Waals surface area contributed by atoms with Crippen LogP contribution in [0.3, 0.4) is 0 Å². The normalized spacial score (nSPS) is 16.6. The Morgan fingerprint density at radius 3 is 1.51 bits per heavy atom. The van der Waals surface area contributed by atoms with Gasteiger partial charge in [-0.1, -0.05) is 112 Å². The Morgan fingerprint density at radius 1 is 0.564 bits per heavy atom. The Labute approximate surface area is 264 Å². The fraction of sp³-hybridized carbons (Fsp3) is 0.351. The zero-order valence-electron chi connectivity index (χ0n) is 24.7. The van der Waals surface area contributed by atoms with Crippen molar-refractivity contribution in [3.8, 4) is 0 Å². The van der Waals surface area contributed by atoms with Gasteiger partial charge in [0.1, 0.15) is 0 Å². The zero-order valence-corrected chi connectivity index (χ0v) is 25.9. The molecule has 0 N–H and O–H groups in total. The minimum atomic E-state index is -1.60. The SMILES string of the molecule is Cc1ccc(C2CC[CH2][Al]([c]3ccc(C)cc3C)[C]2(c2ccc(C)cc2C)c2ccc(C)cc2C)c(C)c1.[NaH]. The predicted octanol–water partition coefficient (Wildman–Crippen LogP) is 8.31. The molecule has 1 heterocycles. The molecule has 0 radical (unpaired) electrons.